The average Bonchev–Trinajstić information content (AvgIpc) is 3.00. The Morgan fingerprint density at radius 2 is 2.04 bits per heavy atom. The third-order valence-electron chi connectivity index (χ3n) is 4.25. The monoisotopic (exact) mass is 349 g/mol. The molecule has 0 fully saturated rings. The zero-order valence-corrected chi connectivity index (χ0v) is 15.0. The van der Waals surface area contributed by atoms with Gasteiger partial charge < -0.3 is 4.74 Å². The minimum absolute atomic E-state index is 0.0874. The quantitative estimate of drug-likeness (QED) is 0.585. The van der Waals surface area contributed by atoms with E-state index in [9.17, 15) is 13.2 Å². The van der Waals surface area contributed by atoms with Crippen LogP contribution in [0.4, 0.5) is 0 Å². The van der Waals surface area contributed by atoms with Crippen molar-refractivity contribution >= 4 is 16.0 Å². The van der Waals surface area contributed by atoms with Gasteiger partial charge in [0.05, 0.1) is 23.6 Å². The number of carbonyl (C=O) groups is 1. The van der Waals surface area contributed by atoms with Crippen LogP contribution in [0.2, 0.25) is 0 Å². The summed E-state index contributed by atoms with van der Waals surface area (Å²) in [5.74, 6) is -0.576. The van der Waals surface area contributed by atoms with E-state index in [2.05, 4.69) is 6.58 Å². The van der Waals surface area contributed by atoms with E-state index in [4.69, 9.17) is 4.74 Å². The summed E-state index contributed by atoms with van der Waals surface area (Å²) in [4.78, 5) is 12.3. The molecule has 1 aromatic carbocycles. The van der Waals surface area contributed by atoms with Gasteiger partial charge in [0.2, 0.25) is 10.0 Å². The first-order valence-corrected chi connectivity index (χ1v) is 9.24. The van der Waals surface area contributed by atoms with Crippen molar-refractivity contribution < 1.29 is 17.9 Å². The second kappa shape index (κ2) is 7.32. The van der Waals surface area contributed by atoms with Gasteiger partial charge in [-0.05, 0) is 31.4 Å². The lowest BCUT2D eigenvalue weighted by Gasteiger charge is -2.30. The van der Waals surface area contributed by atoms with E-state index in [-0.39, 0.29) is 17.4 Å². The molecule has 6 heteroatoms. The molecule has 5 nitrogen and oxygen atoms in total. The van der Waals surface area contributed by atoms with E-state index < -0.39 is 22.0 Å². The Hall–Kier alpha value is -1.92. The van der Waals surface area contributed by atoms with Gasteiger partial charge in [-0.15, -0.1) is 6.58 Å². The van der Waals surface area contributed by atoms with Gasteiger partial charge in [-0.3, -0.25) is 0 Å². The van der Waals surface area contributed by atoms with E-state index in [0.29, 0.717) is 12.0 Å². The number of aryl methyl sites for hydroxylation is 1. The van der Waals surface area contributed by atoms with Crippen molar-refractivity contribution in [2.75, 3.05) is 13.7 Å². The summed E-state index contributed by atoms with van der Waals surface area (Å²) in [6.45, 7) is 7.68. The standard InChI is InChI=1S/C18H23NO4S/c1-5-6-14(3)17-16(18(20)23-4)11-12-19(17)24(21,22)15-9-7-13(2)8-10-15/h5,7-11,14,17H,1,6,12H2,2-4H3. The van der Waals surface area contributed by atoms with E-state index >= 15 is 0 Å². The van der Waals surface area contributed by atoms with Crippen LogP contribution in [0.3, 0.4) is 0 Å². The number of ether oxygens (including phenoxy) is 1. The third-order valence-corrected chi connectivity index (χ3v) is 6.11. The maximum atomic E-state index is 13.0. The number of rotatable bonds is 6. The Kier molecular flexibility index (Phi) is 5.62. The molecule has 0 saturated heterocycles. The molecule has 0 saturated carbocycles. The van der Waals surface area contributed by atoms with Gasteiger partial charge in [0.15, 0.2) is 0 Å². The Labute approximate surface area is 143 Å². The Balaban J connectivity index is 2.42. The van der Waals surface area contributed by atoms with Crippen LogP contribution < -0.4 is 0 Å². The maximum absolute atomic E-state index is 13.0. The first kappa shape index (κ1) is 18.4. The maximum Gasteiger partial charge on any atom is 0.335 e. The minimum Gasteiger partial charge on any atom is -0.466 e. The predicted octanol–water partition coefficient (Wildman–Crippen LogP) is 2.68. The van der Waals surface area contributed by atoms with Crippen LogP contribution >= 0.6 is 0 Å². The summed E-state index contributed by atoms with van der Waals surface area (Å²) in [7, 11) is -2.40. The molecule has 1 aliphatic heterocycles. The molecule has 1 aliphatic rings. The van der Waals surface area contributed by atoms with Gasteiger partial charge in [0.25, 0.3) is 0 Å². The fraction of sp³-hybridized carbons (Fsp3) is 0.389. The van der Waals surface area contributed by atoms with Crippen molar-refractivity contribution in [1.29, 1.82) is 0 Å². The molecule has 2 atom stereocenters. The van der Waals surface area contributed by atoms with E-state index in [1.165, 1.54) is 11.4 Å². The molecular formula is C18H23NO4S. The molecule has 24 heavy (non-hydrogen) atoms. The molecule has 0 aromatic heterocycles. The number of nitrogens with zero attached hydrogens (tertiary/aromatic N) is 1. The van der Waals surface area contributed by atoms with Crippen LogP contribution in [0.1, 0.15) is 18.9 Å². The highest BCUT2D eigenvalue weighted by atomic mass is 32.2. The largest absolute Gasteiger partial charge is 0.466 e. The number of esters is 1. The van der Waals surface area contributed by atoms with Crippen LogP contribution in [-0.2, 0) is 19.6 Å². The van der Waals surface area contributed by atoms with Gasteiger partial charge in [-0.25, -0.2) is 13.2 Å². The number of allylic oxidation sites excluding steroid dienone is 1. The molecule has 0 amide bonds. The van der Waals surface area contributed by atoms with Gasteiger partial charge in [-0.1, -0.05) is 36.8 Å². The molecule has 1 aromatic rings. The van der Waals surface area contributed by atoms with Crippen molar-refractivity contribution in [1.82, 2.24) is 4.31 Å². The Morgan fingerprint density at radius 1 is 1.42 bits per heavy atom. The molecule has 0 spiro atoms. The summed E-state index contributed by atoms with van der Waals surface area (Å²) >= 11 is 0. The van der Waals surface area contributed by atoms with Crippen LogP contribution in [0, 0.1) is 12.8 Å². The molecule has 2 rings (SSSR count). The first-order valence-electron chi connectivity index (χ1n) is 7.80. The first-order chi connectivity index (χ1) is 11.3. The second-order valence-corrected chi connectivity index (χ2v) is 7.88. The summed E-state index contributed by atoms with van der Waals surface area (Å²) in [6, 6.07) is 6.16. The number of hydrogen-bond acceptors (Lipinski definition) is 4. The van der Waals surface area contributed by atoms with Crippen molar-refractivity contribution in [3.05, 3.63) is 54.1 Å². The molecular weight excluding hydrogens is 326 g/mol. The topological polar surface area (TPSA) is 63.7 Å². The molecule has 0 N–H and O–H groups in total. The van der Waals surface area contributed by atoms with Crippen LogP contribution in [-0.4, -0.2) is 38.4 Å². The Morgan fingerprint density at radius 3 is 2.58 bits per heavy atom. The van der Waals surface area contributed by atoms with Crippen molar-refractivity contribution in [3.8, 4) is 0 Å². The van der Waals surface area contributed by atoms with Crippen molar-refractivity contribution in [2.24, 2.45) is 5.92 Å². The van der Waals surface area contributed by atoms with Gasteiger partial charge >= 0.3 is 5.97 Å². The lowest BCUT2D eigenvalue weighted by Crippen LogP contribution is -2.42. The SMILES string of the molecule is C=CCC(C)C1C(C(=O)OC)=CCN1S(=O)(=O)c1ccc(C)cc1. The Bertz CT molecular complexity index is 750. The number of benzene rings is 1. The minimum atomic E-state index is -3.70. The van der Waals surface area contributed by atoms with Crippen LogP contribution in [0.15, 0.2) is 53.5 Å². The number of hydrogen-bond donors (Lipinski definition) is 0. The van der Waals surface area contributed by atoms with Gasteiger partial charge in [0, 0.05) is 6.54 Å². The summed E-state index contributed by atoms with van der Waals surface area (Å²) in [5, 5.41) is 0. The number of sulfonamides is 1. The van der Waals surface area contributed by atoms with E-state index in [0.717, 1.165) is 5.56 Å². The smallest absolute Gasteiger partial charge is 0.335 e. The summed E-state index contributed by atoms with van der Waals surface area (Å²) < 4.78 is 32.3. The third kappa shape index (κ3) is 3.44. The highest BCUT2D eigenvalue weighted by molar-refractivity contribution is 7.89. The highest BCUT2D eigenvalue weighted by Crippen LogP contribution is 2.33. The molecule has 1 heterocycles. The molecule has 130 valence electrons. The molecule has 2 unspecified atom stereocenters. The highest BCUT2D eigenvalue weighted by Gasteiger charge is 2.42. The summed E-state index contributed by atoms with van der Waals surface area (Å²) in [6.07, 6.45) is 3.97. The molecule has 0 radical (unpaired) electrons. The molecule has 0 bridgehead atoms. The lowest BCUT2D eigenvalue weighted by atomic mass is 9.93. The van der Waals surface area contributed by atoms with Crippen LogP contribution in [0.25, 0.3) is 0 Å². The average molecular weight is 349 g/mol. The normalized spacial score (nSPS) is 19.6. The second-order valence-electron chi connectivity index (χ2n) is 5.99. The summed E-state index contributed by atoms with van der Waals surface area (Å²) in [5.41, 5.74) is 1.38. The van der Waals surface area contributed by atoms with Crippen LogP contribution in [0.5, 0.6) is 0 Å². The predicted molar refractivity (Wildman–Crippen MR) is 92.9 cm³/mol. The number of carbonyl (C=O) groups excluding carboxylic acids is 1. The van der Waals surface area contributed by atoms with Gasteiger partial charge in [0.1, 0.15) is 0 Å². The zero-order chi connectivity index (χ0) is 17.9. The molecule has 0 aliphatic carbocycles. The number of methoxy groups -OCH3 is 1. The lowest BCUT2D eigenvalue weighted by molar-refractivity contribution is -0.136. The van der Waals surface area contributed by atoms with Crippen molar-refractivity contribution in [3.63, 3.8) is 0 Å². The van der Waals surface area contributed by atoms with Gasteiger partial charge in [-0.2, -0.15) is 4.31 Å². The zero-order valence-electron chi connectivity index (χ0n) is 14.2. The van der Waals surface area contributed by atoms with E-state index in [1.54, 1.807) is 36.4 Å². The fourth-order valence-corrected chi connectivity index (χ4v) is 4.62. The fourth-order valence-electron chi connectivity index (χ4n) is 2.98. The van der Waals surface area contributed by atoms with E-state index in [1.807, 2.05) is 13.8 Å². The van der Waals surface area contributed by atoms with Crippen molar-refractivity contribution in [2.45, 2.75) is 31.2 Å².